The van der Waals surface area contributed by atoms with E-state index in [2.05, 4.69) is 15.4 Å². The molecule has 2 aromatic rings. The predicted octanol–water partition coefficient (Wildman–Crippen LogP) is 2.14. The molecule has 0 fully saturated rings. The Kier molecular flexibility index (Phi) is 3.77. The number of hydrogen-bond donors (Lipinski definition) is 2. The molecule has 1 unspecified atom stereocenters. The molecule has 0 saturated heterocycles. The highest BCUT2D eigenvalue weighted by Crippen LogP contribution is 2.36. The maximum atomic E-state index is 12.4. The van der Waals surface area contributed by atoms with Crippen LogP contribution in [0.3, 0.4) is 0 Å². The fraction of sp³-hybridized carbons (Fsp3) is 0.312. The van der Waals surface area contributed by atoms with Crippen LogP contribution in [0.1, 0.15) is 31.3 Å². The number of ether oxygens (including phenoxy) is 1. The van der Waals surface area contributed by atoms with Crippen LogP contribution in [0.5, 0.6) is 5.75 Å². The van der Waals surface area contributed by atoms with Crippen molar-refractivity contribution in [1.82, 2.24) is 14.8 Å². The van der Waals surface area contributed by atoms with Gasteiger partial charge in [-0.15, -0.1) is 0 Å². The second-order valence-corrected chi connectivity index (χ2v) is 5.31. The van der Waals surface area contributed by atoms with Gasteiger partial charge in [0, 0.05) is 5.70 Å². The molecule has 0 spiro atoms. The van der Waals surface area contributed by atoms with Gasteiger partial charge in [0.25, 0.3) is 0 Å². The lowest BCUT2D eigenvalue weighted by Crippen LogP contribution is -2.29. The number of fused-ring (bicyclic) bond motifs is 1. The maximum absolute atomic E-state index is 12.4. The Morgan fingerprint density at radius 3 is 2.91 bits per heavy atom. The zero-order valence-corrected chi connectivity index (χ0v) is 13.2. The molecule has 120 valence electrons. The minimum absolute atomic E-state index is 0.125. The Morgan fingerprint density at radius 2 is 2.22 bits per heavy atom. The van der Waals surface area contributed by atoms with Crippen molar-refractivity contribution in [2.75, 3.05) is 11.9 Å². The van der Waals surface area contributed by atoms with Crippen molar-refractivity contribution in [3.05, 3.63) is 46.9 Å². The highest BCUT2D eigenvalue weighted by Gasteiger charge is 2.34. The first kappa shape index (κ1) is 15.1. The van der Waals surface area contributed by atoms with Crippen molar-refractivity contribution in [2.45, 2.75) is 26.8 Å². The number of allylic oxidation sites excluding steroid dienone is 1. The first-order valence-corrected chi connectivity index (χ1v) is 7.38. The number of aromatic hydroxyl groups is 1. The van der Waals surface area contributed by atoms with E-state index in [0.717, 1.165) is 5.56 Å². The van der Waals surface area contributed by atoms with Crippen molar-refractivity contribution < 1.29 is 14.6 Å². The molecule has 3 rings (SSSR count). The lowest BCUT2D eigenvalue weighted by atomic mass is 9.95. The third-order valence-electron chi connectivity index (χ3n) is 3.64. The zero-order valence-electron chi connectivity index (χ0n) is 13.2. The van der Waals surface area contributed by atoms with E-state index in [9.17, 15) is 9.90 Å². The summed E-state index contributed by atoms with van der Waals surface area (Å²) in [6.45, 7) is 5.63. The fourth-order valence-corrected chi connectivity index (χ4v) is 2.73. The molecule has 0 bridgehead atoms. The van der Waals surface area contributed by atoms with Gasteiger partial charge in [0.15, 0.2) is 0 Å². The summed E-state index contributed by atoms with van der Waals surface area (Å²) in [4.78, 5) is 16.8. The molecule has 7 nitrogen and oxygen atoms in total. The smallest absolute Gasteiger partial charge is 0.338 e. The van der Waals surface area contributed by atoms with Gasteiger partial charge in [-0.2, -0.15) is 10.1 Å². The summed E-state index contributed by atoms with van der Waals surface area (Å²) >= 11 is 0. The summed E-state index contributed by atoms with van der Waals surface area (Å²) < 4.78 is 6.84. The number of hydrogen-bond acceptors (Lipinski definition) is 6. The molecule has 0 radical (unpaired) electrons. The fourth-order valence-electron chi connectivity index (χ4n) is 2.73. The standard InChI is InChI=1S/C16H18N4O3/c1-4-23-15(22)13-9(2)17-16-18-10(3)19-20(16)14(13)11-6-5-7-12(21)8-11/h5-8,14,21H,4H2,1-3H3,(H,17,18,19). The number of phenolic OH excluding ortho intramolecular Hbond substituents is 1. The lowest BCUT2D eigenvalue weighted by Gasteiger charge is -2.28. The van der Waals surface area contributed by atoms with Crippen molar-refractivity contribution in [1.29, 1.82) is 0 Å². The zero-order chi connectivity index (χ0) is 16.6. The molecule has 1 aromatic carbocycles. The maximum Gasteiger partial charge on any atom is 0.338 e. The van der Waals surface area contributed by atoms with Gasteiger partial charge in [0.1, 0.15) is 17.6 Å². The number of carbonyl (C=O) groups excluding carboxylic acids is 1. The number of rotatable bonds is 3. The van der Waals surface area contributed by atoms with E-state index in [1.807, 2.05) is 6.07 Å². The van der Waals surface area contributed by atoms with Gasteiger partial charge in [-0.1, -0.05) is 12.1 Å². The highest BCUT2D eigenvalue weighted by molar-refractivity contribution is 5.92. The number of nitrogens with zero attached hydrogens (tertiary/aromatic N) is 3. The Bertz CT molecular complexity index is 794. The summed E-state index contributed by atoms with van der Waals surface area (Å²) in [6.07, 6.45) is 0. The van der Waals surface area contributed by atoms with Crippen molar-refractivity contribution in [2.24, 2.45) is 0 Å². The third-order valence-corrected chi connectivity index (χ3v) is 3.64. The van der Waals surface area contributed by atoms with Crippen LogP contribution in [0.2, 0.25) is 0 Å². The molecule has 1 aliphatic rings. The van der Waals surface area contributed by atoms with Gasteiger partial charge in [0.2, 0.25) is 5.95 Å². The van der Waals surface area contributed by atoms with Crippen molar-refractivity contribution >= 4 is 11.9 Å². The molecule has 1 atom stereocenters. The predicted molar refractivity (Wildman–Crippen MR) is 84.0 cm³/mol. The second-order valence-electron chi connectivity index (χ2n) is 5.31. The van der Waals surface area contributed by atoms with Crippen LogP contribution in [0.4, 0.5) is 5.95 Å². The molecule has 23 heavy (non-hydrogen) atoms. The molecular formula is C16H18N4O3. The van der Waals surface area contributed by atoms with E-state index in [1.165, 1.54) is 0 Å². The molecule has 1 aliphatic heterocycles. The normalized spacial score (nSPS) is 16.7. The van der Waals surface area contributed by atoms with Gasteiger partial charge < -0.3 is 15.2 Å². The average Bonchev–Trinajstić information content (AvgIpc) is 2.85. The summed E-state index contributed by atoms with van der Waals surface area (Å²) in [5.41, 5.74) is 1.85. The molecule has 7 heteroatoms. The third kappa shape index (κ3) is 2.65. The van der Waals surface area contributed by atoms with Gasteiger partial charge in [-0.05, 0) is 38.5 Å². The van der Waals surface area contributed by atoms with Crippen LogP contribution in [-0.4, -0.2) is 32.4 Å². The molecule has 0 saturated carbocycles. The first-order valence-electron chi connectivity index (χ1n) is 7.38. The topological polar surface area (TPSA) is 89.3 Å². The SMILES string of the molecule is CCOC(=O)C1=C(C)Nc2nc(C)nn2C1c1cccc(O)c1. The lowest BCUT2D eigenvalue weighted by molar-refractivity contribution is -0.139. The largest absolute Gasteiger partial charge is 0.508 e. The number of carbonyl (C=O) groups is 1. The highest BCUT2D eigenvalue weighted by atomic mass is 16.5. The molecule has 0 amide bonds. The van der Waals surface area contributed by atoms with E-state index in [-0.39, 0.29) is 12.4 Å². The Balaban J connectivity index is 2.18. The molecule has 1 aromatic heterocycles. The van der Waals surface area contributed by atoms with Gasteiger partial charge >= 0.3 is 5.97 Å². The van der Waals surface area contributed by atoms with Crippen molar-refractivity contribution in [3.8, 4) is 5.75 Å². The number of nitrogens with one attached hydrogen (secondary N) is 1. The van der Waals surface area contributed by atoms with E-state index in [1.54, 1.807) is 43.7 Å². The average molecular weight is 314 g/mol. The Morgan fingerprint density at radius 1 is 1.43 bits per heavy atom. The monoisotopic (exact) mass is 314 g/mol. The van der Waals surface area contributed by atoms with E-state index >= 15 is 0 Å². The second kappa shape index (κ2) is 5.75. The van der Waals surface area contributed by atoms with Gasteiger partial charge in [-0.3, -0.25) is 0 Å². The first-order chi connectivity index (χ1) is 11.0. The quantitative estimate of drug-likeness (QED) is 0.844. The summed E-state index contributed by atoms with van der Waals surface area (Å²) in [5.74, 6) is 0.863. The number of aromatic nitrogens is 3. The number of phenols is 1. The van der Waals surface area contributed by atoms with E-state index in [4.69, 9.17) is 4.74 Å². The van der Waals surface area contributed by atoms with E-state index < -0.39 is 12.0 Å². The molecule has 0 aliphatic carbocycles. The molecular weight excluding hydrogens is 296 g/mol. The number of aryl methyl sites for hydroxylation is 1. The van der Waals surface area contributed by atoms with Crippen LogP contribution in [0.15, 0.2) is 35.5 Å². The van der Waals surface area contributed by atoms with Crippen LogP contribution in [-0.2, 0) is 9.53 Å². The summed E-state index contributed by atoms with van der Waals surface area (Å²) in [7, 11) is 0. The van der Waals surface area contributed by atoms with Crippen LogP contribution >= 0.6 is 0 Å². The van der Waals surface area contributed by atoms with Gasteiger partial charge in [-0.25, -0.2) is 9.48 Å². The Labute approximate surface area is 133 Å². The summed E-state index contributed by atoms with van der Waals surface area (Å²) in [6, 6.07) is 6.26. The minimum atomic E-state index is -0.501. The van der Waals surface area contributed by atoms with Crippen LogP contribution < -0.4 is 5.32 Å². The van der Waals surface area contributed by atoms with Gasteiger partial charge in [0.05, 0.1) is 12.2 Å². The van der Waals surface area contributed by atoms with Crippen LogP contribution in [0.25, 0.3) is 0 Å². The Hall–Kier alpha value is -2.83. The van der Waals surface area contributed by atoms with Crippen molar-refractivity contribution in [3.63, 3.8) is 0 Å². The number of benzene rings is 1. The molecule has 2 N–H and O–H groups in total. The number of esters is 1. The van der Waals surface area contributed by atoms with E-state index in [0.29, 0.717) is 23.0 Å². The minimum Gasteiger partial charge on any atom is -0.508 e. The summed E-state index contributed by atoms with van der Waals surface area (Å²) in [5, 5.41) is 17.3. The number of anilines is 1. The van der Waals surface area contributed by atoms with Crippen LogP contribution in [0, 0.1) is 6.92 Å². The molecule has 2 heterocycles.